The number of nitrogens with two attached hydrogens (primary N) is 1. The highest BCUT2D eigenvalue weighted by Gasteiger charge is 2.22. The van der Waals surface area contributed by atoms with Crippen LogP contribution in [0.15, 0.2) is 22.7 Å². The van der Waals surface area contributed by atoms with E-state index < -0.39 is 0 Å². The number of morpholine rings is 1. The lowest BCUT2D eigenvalue weighted by Gasteiger charge is -2.35. The van der Waals surface area contributed by atoms with Crippen molar-refractivity contribution in [2.75, 3.05) is 26.3 Å². The molecule has 112 valence electrons. The Balaban J connectivity index is 1.88. The summed E-state index contributed by atoms with van der Waals surface area (Å²) in [5, 5.41) is 0. The minimum atomic E-state index is 0.132. The fraction of sp³-hybridized carbons (Fsp3) is 0.600. The Kier molecular flexibility index (Phi) is 5.84. The minimum absolute atomic E-state index is 0.132. The van der Waals surface area contributed by atoms with Gasteiger partial charge in [-0.15, -0.1) is 0 Å². The summed E-state index contributed by atoms with van der Waals surface area (Å²) in [6.07, 6.45) is 0.132. The Morgan fingerprint density at radius 1 is 1.50 bits per heavy atom. The van der Waals surface area contributed by atoms with Gasteiger partial charge in [0.2, 0.25) is 0 Å². The molecule has 1 aromatic carbocycles. The van der Waals surface area contributed by atoms with Gasteiger partial charge in [-0.05, 0) is 47.5 Å². The molecule has 1 fully saturated rings. The third-order valence-electron chi connectivity index (χ3n) is 3.56. The molecule has 0 aromatic heterocycles. The van der Waals surface area contributed by atoms with Gasteiger partial charge in [0.1, 0.15) is 18.5 Å². The van der Waals surface area contributed by atoms with Crippen molar-refractivity contribution in [1.29, 1.82) is 0 Å². The molecular weight excluding hydrogens is 320 g/mol. The molecule has 0 bridgehead atoms. The van der Waals surface area contributed by atoms with E-state index in [2.05, 4.69) is 34.7 Å². The van der Waals surface area contributed by atoms with Crippen molar-refractivity contribution in [3.05, 3.63) is 28.2 Å². The first-order chi connectivity index (χ1) is 9.60. The summed E-state index contributed by atoms with van der Waals surface area (Å²) in [6, 6.07) is 6.49. The van der Waals surface area contributed by atoms with Crippen molar-refractivity contribution in [2.45, 2.75) is 32.5 Å². The van der Waals surface area contributed by atoms with Gasteiger partial charge < -0.3 is 15.2 Å². The summed E-state index contributed by atoms with van der Waals surface area (Å²) in [5.74, 6) is 0.840. The van der Waals surface area contributed by atoms with Crippen LogP contribution in [0.4, 0.5) is 0 Å². The number of nitrogens with zero attached hydrogens (tertiary/aromatic N) is 1. The molecule has 0 aliphatic carbocycles. The van der Waals surface area contributed by atoms with E-state index in [1.54, 1.807) is 0 Å². The van der Waals surface area contributed by atoms with E-state index in [9.17, 15) is 0 Å². The Bertz CT molecular complexity index is 440. The molecule has 20 heavy (non-hydrogen) atoms. The molecule has 2 rings (SSSR count). The smallest absolute Gasteiger partial charge is 0.133 e. The Morgan fingerprint density at radius 3 is 2.95 bits per heavy atom. The number of benzene rings is 1. The van der Waals surface area contributed by atoms with Crippen LogP contribution in [0.25, 0.3) is 0 Å². The normalized spacial score (nSPS) is 20.4. The maximum absolute atomic E-state index is 5.86. The van der Waals surface area contributed by atoms with Crippen LogP contribution in [-0.2, 0) is 11.3 Å². The molecule has 1 heterocycles. The van der Waals surface area contributed by atoms with Crippen LogP contribution in [0.2, 0.25) is 0 Å². The minimum Gasteiger partial charge on any atom is -0.490 e. The van der Waals surface area contributed by atoms with Gasteiger partial charge in [-0.3, -0.25) is 4.90 Å². The van der Waals surface area contributed by atoms with Gasteiger partial charge in [-0.1, -0.05) is 6.07 Å². The van der Waals surface area contributed by atoms with E-state index in [4.69, 9.17) is 15.2 Å². The zero-order valence-corrected chi connectivity index (χ0v) is 13.7. The third kappa shape index (κ3) is 4.19. The largest absolute Gasteiger partial charge is 0.490 e. The molecule has 0 spiro atoms. The van der Waals surface area contributed by atoms with Crippen molar-refractivity contribution in [2.24, 2.45) is 5.73 Å². The maximum Gasteiger partial charge on any atom is 0.133 e. The number of rotatable bonds is 5. The molecular formula is C15H23BrN2O2. The number of halogens is 1. The van der Waals surface area contributed by atoms with Gasteiger partial charge in [-0.2, -0.15) is 0 Å². The Morgan fingerprint density at radius 2 is 2.30 bits per heavy atom. The van der Waals surface area contributed by atoms with Crippen LogP contribution in [0.5, 0.6) is 5.75 Å². The van der Waals surface area contributed by atoms with Crippen molar-refractivity contribution in [3.8, 4) is 5.75 Å². The SMILES string of the molecule is CC(C)N1CCOC(COc2ccc(CN)cc2Br)C1. The van der Waals surface area contributed by atoms with Crippen molar-refractivity contribution >= 4 is 15.9 Å². The van der Waals surface area contributed by atoms with E-state index >= 15 is 0 Å². The molecule has 1 unspecified atom stereocenters. The summed E-state index contributed by atoms with van der Waals surface area (Å²) in [4.78, 5) is 2.42. The van der Waals surface area contributed by atoms with Gasteiger partial charge in [0, 0.05) is 25.7 Å². The summed E-state index contributed by atoms with van der Waals surface area (Å²) >= 11 is 3.52. The molecule has 1 aromatic rings. The van der Waals surface area contributed by atoms with E-state index in [0.29, 0.717) is 19.2 Å². The molecule has 1 aliphatic rings. The summed E-state index contributed by atoms with van der Waals surface area (Å²) < 4.78 is 12.6. The lowest BCUT2D eigenvalue weighted by atomic mass is 10.2. The van der Waals surface area contributed by atoms with Crippen LogP contribution < -0.4 is 10.5 Å². The van der Waals surface area contributed by atoms with Crippen molar-refractivity contribution in [1.82, 2.24) is 4.90 Å². The second-order valence-corrected chi connectivity index (χ2v) is 6.22. The highest BCUT2D eigenvalue weighted by Crippen LogP contribution is 2.26. The second-order valence-electron chi connectivity index (χ2n) is 5.36. The molecule has 4 nitrogen and oxygen atoms in total. The number of hydrogen-bond acceptors (Lipinski definition) is 4. The molecule has 1 aliphatic heterocycles. The van der Waals surface area contributed by atoms with E-state index in [1.807, 2.05) is 18.2 Å². The predicted molar refractivity (Wildman–Crippen MR) is 84.0 cm³/mol. The molecule has 0 amide bonds. The third-order valence-corrected chi connectivity index (χ3v) is 4.18. The van der Waals surface area contributed by atoms with Crippen LogP contribution in [0.1, 0.15) is 19.4 Å². The first-order valence-corrected chi connectivity index (χ1v) is 7.86. The predicted octanol–water partition coefficient (Wildman–Crippen LogP) is 2.40. The van der Waals surface area contributed by atoms with E-state index in [0.717, 1.165) is 35.5 Å². The number of ether oxygens (including phenoxy) is 2. The first kappa shape index (κ1) is 15.8. The van der Waals surface area contributed by atoms with Gasteiger partial charge in [0.25, 0.3) is 0 Å². The molecule has 1 atom stereocenters. The van der Waals surface area contributed by atoms with E-state index in [1.165, 1.54) is 0 Å². The summed E-state index contributed by atoms with van der Waals surface area (Å²) in [5.41, 5.74) is 6.70. The highest BCUT2D eigenvalue weighted by molar-refractivity contribution is 9.10. The fourth-order valence-corrected chi connectivity index (χ4v) is 2.82. The van der Waals surface area contributed by atoms with Crippen LogP contribution >= 0.6 is 15.9 Å². The van der Waals surface area contributed by atoms with Gasteiger partial charge >= 0.3 is 0 Å². The van der Waals surface area contributed by atoms with Gasteiger partial charge in [-0.25, -0.2) is 0 Å². The average molecular weight is 343 g/mol. The summed E-state index contributed by atoms with van der Waals surface area (Å²) in [7, 11) is 0. The van der Waals surface area contributed by atoms with Crippen LogP contribution in [-0.4, -0.2) is 43.3 Å². The van der Waals surface area contributed by atoms with Gasteiger partial charge in [0.15, 0.2) is 0 Å². The van der Waals surface area contributed by atoms with Crippen molar-refractivity contribution in [3.63, 3.8) is 0 Å². The quantitative estimate of drug-likeness (QED) is 0.892. The second kappa shape index (κ2) is 7.41. The first-order valence-electron chi connectivity index (χ1n) is 7.07. The maximum atomic E-state index is 5.86. The van der Waals surface area contributed by atoms with Crippen molar-refractivity contribution < 1.29 is 9.47 Å². The lowest BCUT2D eigenvalue weighted by Crippen LogP contribution is -2.47. The van der Waals surface area contributed by atoms with Crippen LogP contribution in [0, 0.1) is 0 Å². The zero-order chi connectivity index (χ0) is 14.5. The fourth-order valence-electron chi connectivity index (χ4n) is 2.28. The summed E-state index contributed by atoms with van der Waals surface area (Å²) in [6.45, 7) is 8.24. The average Bonchev–Trinajstić information content (AvgIpc) is 2.46. The van der Waals surface area contributed by atoms with E-state index in [-0.39, 0.29) is 6.10 Å². The molecule has 2 N–H and O–H groups in total. The standard InChI is InChI=1S/C15H23BrN2O2/c1-11(2)18-5-6-19-13(9-18)10-20-15-4-3-12(8-17)7-14(15)16/h3-4,7,11,13H,5-6,8-10,17H2,1-2H3. The monoisotopic (exact) mass is 342 g/mol. The topological polar surface area (TPSA) is 47.7 Å². The lowest BCUT2D eigenvalue weighted by molar-refractivity contribution is -0.0565. The Labute approximate surface area is 129 Å². The van der Waals surface area contributed by atoms with Crippen LogP contribution in [0.3, 0.4) is 0 Å². The molecule has 1 saturated heterocycles. The zero-order valence-electron chi connectivity index (χ0n) is 12.1. The Hall–Kier alpha value is -0.620. The number of hydrogen-bond donors (Lipinski definition) is 1. The van der Waals surface area contributed by atoms with Gasteiger partial charge in [0.05, 0.1) is 11.1 Å². The highest BCUT2D eigenvalue weighted by atomic mass is 79.9. The molecule has 0 saturated carbocycles. The molecule has 0 radical (unpaired) electrons. The molecule has 5 heteroatoms.